The summed E-state index contributed by atoms with van der Waals surface area (Å²) in [4.78, 5) is 14.3. The topological polar surface area (TPSA) is 95.3 Å². The van der Waals surface area contributed by atoms with Crippen LogP contribution in [0.5, 0.6) is 5.75 Å². The van der Waals surface area contributed by atoms with Gasteiger partial charge in [0.1, 0.15) is 5.75 Å². The molecule has 8 heteroatoms. The van der Waals surface area contributed by atoms with Crippen molar-refractivity contribution < 1.29 is 23.7 Å². The Hall–Kier alpha value is -1.71. The van der Waals surface area contributed by atoms with Crippen molar-refractivity contribution in [1.29, 1.82) is 0 Å². The van der Waals surface area contributed by atoms with Crippen LogP contribution in [0, 0.1) is 0 Å². The summed E-state index contributed by atoms with van der Waals surface area (Å²) in [5, 5.41) is 2.99. The van der Waals surface area contributed by atoms with Crippen LogP contribution >= 0.6 is 0 Å². The molecule has 1 atom stereocenters. The number of ether oxygens (including phenoxy) is 4. The van der Waals surface area contributed by atoms with E-state index in [0.717, 1.165) is 69.8 Å². The second kappa shape index (κ2) is 16.8. The van der Waals surface area contributed by atoms with Crippen LogP contribution in [-0.4, -0.2) is 83.2 Å². The van der Waals surface area contributed by atoms with Crippen LogP contribution in [0.2, 0.25) is 0 Å². The van der Waals surface area contributed by atoms with E-state index >= 15 is 0 Å². The molecule has 188 valence electrons. The predicted molar refractivity (Wildman–Crippen MR) is 130 cm³/mol. The number of aryl methyl sites for hydroxylation is 1. The molecule has 1 fully saturated rings. The summed E-state index contributed by atoms with van der Waals surface area (Å²) in [7, 11) is 1.70. The molecule has 0 radical (unpaired) electrons. The minimum Gasteiger partial charge on any atom is -0.493 e. The second-order valence-corrected chi connectivity index (χ2v) is 8.46. The minimum atomic E-state index is -0.0779. The molecule has 33 heavy (non-hydrogen) atoms. The van der Waals surface area contributed by atoms with Crippen molar-refractivity contribution in [3.8, 4) is 5.75 Å². The lowest BCUT2D eigenvalue weighted by Gasteiger charge is -2.26. The van der Waals surface area contributed by atoms with Gasteiger partial charge < -0.3 is 30.0 Å². The number of morpholine rings is 1. The van der Waals surface area contributed by atoms with Crippen molar-refractivity contribution in [1.82, 2.24) is 10.2 Å². The van der Waals surface area contributed by atoms with Gasteiger partial charge in [-0.15, -0.1) is 0 Å². The van der Waals surface area contributed by atoms with Crippen molar-refractivity contribution in [3.63, 3.8) is 0 Å². The number of methoxy groups -OCH3 is 1. The molecule has 0 saturated carbocycles. The monoisotopic (exact) mass is 465 g/mol. The van der Waals surface area contributed by atoms with E-state index in [1.54, 1.807) is 7.11 Å². The molecule has 8 nitrogen and oxygen atoms in total. The van der Waals surface area contributed by atoms with Crippen molar-refractivity contribution in [3.05, 3.63) is 29.3 Å². The highest BCUT2D eigenvalue weighted by Crippen LogP contribution is 2.22. The van der Waals surface area contributed by atoms with E-state index in [4.69, 9.17) is 24.7 Å². The standard InChI is InChI=1S/C25H43N3O5/c1-3-22-9-8-21(18-24(22)33-15-5-14-30-2)19-32-20-23(26)6-4-7-25(29)27-10-11-28-12-16-31-17-13-28/h8-9,18,23H,3-7,10-17,19-20,26H2,1-2H3,(H,27,29). The second-order valence-electron chi connectivity index (χ2n) is 8.46. The molecule has 1 aliphatic rings. The number of rotatable bonds is 17. The van der Waals surface area contributed by atoms with Crippen LogP contribution in [0.25, 0.3) is 0 Å². The zero-order valence-electron chi connectivity index (χ0n) is 20.5. The van der Waals surface area contributed by atoms with Gasteiger partial charge in [-0.25, -0.2) is 0 Å². The number of benzene rings is 1. The Morgan fingerprint density at radius 3 is 2.82 bits per heavy atom. The summed E-state index contributed by atoms with van der Waals surface area (Å²) < 4.78 is 22.2. The fourth-order valence-corrected chi connectivity index (χ4v) is 3.70. The van der Waals surface area contributed by atoms with E-state index in [0.29, 0.717) is 39.4 Å². The molecule has 0 bridgehead atoms. The maximum Gasteiger partial charge on any atom is 0.220 e. The predicted octanol–water partition coefficient (Wildman–Crippen LogP) is 2.13. The Kier molecular flexibility index (Phi) is 14.0. The number of hydrogen-bond acceptors (Lipinski definition) is 7. The van der Waals surface area contributed by atoms with E-state index < -0.39 is 0 Å². The zero-order chi connectivity index (χ0) is 23.7. The van der Waals surface area contributed by atoms with Crippen molar-refractivity contribution in [2.75, 3.05) is 66.3 Å². The van der Waals surface area contributed by atoms with Crippen molar-refractivity contribution in [2.24, 2.45) is 5.73 Å². The normalized spacial score (nSPS) is 15.4. The first-order valence-electron chi connectivity index (χ1n) is 12.3. The van der Waals surface area contributed by atoms with Gasteiger partial charge in [-0.3, -0.25) is 9.69 Å². The molecule has 1 aromatic carbocycles. The number of nitrogens with one attached hydrogen (secondary N) is 1. The SMILES string of the molecule is CCc1ccc(COCC(N)CCCC(=O)NCCN2CCOCC2)cc1OCCCOC. The van der Waals surface area contributed by atoms with Crippen LogP contribution in [-0.2, 0) is 32.0 Å². The zero-order valence-corrected chi connectivity index (χ0v) is 20.5. The van der Waals surface area contributed by atoms with Crippen molar-refractivity contribution in [2.45, 2.75) is 51.7 Å². The Labute approximate surface area is 199 Å². The quantitative estimate of drug-likeness (QED) is 0.340. The summed E-state index contributed by atoms with van der Waals surface area (Å²) >= 11 is 0. The summed E-state index contributed by atoms with van der Waals surface area (Å²) in [5.41, 5.74) is 8.44. The highest BCUT2D eigenvalue weighted by Gasteiger charge is 2.11. The third-order valence-corrected chi connectivity index (χ3v) is 5.70. The van der Waals surface area contributed by atoms with Gasteiger partial charge in [-0.1, -0.05) is 19.1 Å². The van der Waals surface area contributed by atoms with Gasteiger partial charge in [-0.2, -0.15) is 0 Å². The molecule has 1 heterocycles. The van der Waals surface area contributed by atoms with Crippen molar-refractivity contribution >= 4 is 5.91 Å². The molecule has 2 rings (SSSR count). The van der Waals surface area contributed by atoms with Crippen LogP contribution < -0.4 is 15.8 Å². The third kappa shape index (κ3) is 11.8. The fourth-order valence-electron chi connectivity index (χ4n) is 3.70. The average molecular weight is 466 g/mol. The number of carbonyl (C=O) groups excluding carboxylic acids is 1. The van der Waals surface area contributed by atoms with Crippen LogP contribution in [0.1, 0.15) is 43.7 Å². The Bertz CT molecular complexity index is 667. The summed E-state index contributed by atoms with van der Waals surface area (Å²) in [6.45, 7) is 9.42. The number of amides is 1. The highest BCUT2D eigenvalue weighted by molar-refractivity contribution is 5.75. The molecule has 1 unspecified atom stereocenters. The van der Waals surface area contributed by atoms with E-state index in [2.05, 4.69) is 35.3 Å². The van der Waals surface area contributed by atoms with E-state index in [1.165, 1.54) is 5.56 Å². The number of nitrogens with two attached hydrogens (primary N) is 1. The average Bonchev–Trinajstić information content (AvgIpc) is 2.83. The molecule has 0 aliphatic carbocycles. The van der Waals surface area contributed by atoms with Gasteiger partial charge in [0.15, 0.2) is 0 Å². The number of nitrogens with zero attached hydrogens (tertiary/aromatic N) is 1. The Balaban J connectivity index is 1.57. The van der Waals surface area contributed by atoms with E-state index in [1.807, 2.05) is 0 Å². The first-order valence-corrected chi connectivity index (χ1v) is 12.3. The lowest BCUT2D eigenvalue weighted by molar-refractivity contribution is -0.121. The summed E-state index contributed by atoms with van der Waals surface area (Å²) in [6.07, 6.45) is 3.81. The Morgan fingerprint density at radius 2 is 2.06 bits per heavy atom. The van der Waals surface area contributed by atoms with Gasteiger partial charge in [0, 0.05) is 58.8 Å². The molecular weight excluding hydrogens is 422 g/mol. The van der Waals surface area contributed by atoms with E-state index in [-0.39, 0.29) is 11.9 Å². The maximum atomic E-state index is 12.0. The minimum absolute atomic E-state index is 0.0779. The lowest BCUT2D eigenvalue weighted by atomic mass is 10.1. The Morgan fingerprint density at radius 1 is 1.24 bits per heavy atom. The third-order valence-electron chi connectivity index (χ3n) is 5.70. The molecule has 1 amide bonds. The smallest absolute Gasteiger partial charge is 0.220 e. The first kappa shape index (κ1) is 27.5. The van der Waals surface area contributed by atoms with Gasteiger partial charge >= 0.3 is 0 Å². The highest BCUT2D eigenvalue weighted by atomic mass is 16.5. The van der Waals surface area contributed by atoms with Crippen LogP contribution in [0.3, 0.4) is 0 Å². The summed E-state index contributed by atoms with van der Waals surface area (Å²) in [5.74, 6) is 1.00. The van der Waals surface area contributed by atoms with E-state index in [9.17, 15) is 4.79 Å². The van der Waals surface area contributed by atoms with Gasteiger partial charge in [0.05, 0.1) is 33.0 Å². The lowest BCUT2D eigenvalue weighted by Crippen LogP contribution is -2.41. The fraction of sp³-hybridized carbons (Fsp3) is 0.720. The molecule has 3 N–H and O–H groups in total. The largest absolute Gasteiger partial charge is 0.493 e. The number of carbonyl (C=O) groups is 1. The van der Waals surface area contributed by atoms with Gasteiger partial charge in [0.25, 0.3) is 0 Å². The maximum absolute atomic E-state index is 12.0. The first-order chi connectivity index (χ1) is 16.1. The van der Waals surface area contributed by atoms with Gasteiger partial charge in [0.2, 0.25) is 5.91 Å². The molecule has 1 aliphatic heterocycles. The summed E-state index contributed by atoms with van der Waals surface area (Å²) in [6, 6.07) is 6.15. The van der Waals surface area contributed by atoms with Gasteiger partial charge in [-0.05, 0) is 36.5 Å². The van der Waals surface area contributed by atoms with Crippen LogP contribution in [0.15, 0.2) is 18.2 Å². The molecular formula is C25H43N3O5. The molecule has 0 aromatic heterocycles. The molecule has 1 saturated heterocycles. The number of hydrogen-bond donors (Lipinski definition) is 2. The van der Waals surface area contributed by atoms with Crippen LogP contribution in [0.4, 0.5) is 0 Å². The molecule has 1 aromatic rings. The molecule has 0 spiro atoms.